The Labute approximate surface area is 212 Å². The summed E-state index contributed by atoms with van der Waals surface area (Å²) in [6.07, 6.45) is 4.16. The summed E-state index contributed by atoms with van der Waals surface area (Å²) in [6.45, 7) is 9.59. The maximum atomic E-state index is 4.70. The van der Waals surface area contributed by atoms with E-state index in [1.807, 2.05) is 37.3 Å². The van der Waals surface area contributed by atoms with Gasteiger partial charge in [-0.25, -0.2) is 24.9 Å². The molecule has 1 aliphatic heterocycles. The van der Waals surface area contributed by atoms with Gasteiger partial charge in [-0.1, -0.05) is 30.3 Å². The van der Waals surface area contributed by atoms with E-state index < -0.39 is 0 Å². The quantitative estimate of drug-likeness (QED) is 0.408. The zero-order chi connectivity index (χ0) is 24.9. The van der Waals surface area contributed by atoms with Crippen molar-refractivity contribution in [1.29, 1.82) is 0 Å². The molecule has 8 heteroatoms. The van der Waals surface area contributed by atoms with Crippen molar-refractivity contribution in [3.8, 4) is 11.5 Å². The van der Waals surface area contributed by atoms with Gasteiger partial charge in [-0.2, -0.15) is 0 Å². The van der Waals surface area contributed by atoms with Crippen molar-refractivity contribution in [2.24, 2.45) is 0 Å². The number of hydrogen-bond acceptors (Lipinski definition) is 8. The number of piperazine rings is 1. The molecule has 4 aromatic rings. The molecule has 0 radical (unpaired) electrons. The fourth-order valence-electron chi connectivity index (χ4n) is 4.68. The number of nitrogens with one attached hydrogen (secondary N) is 2. The number of aryl methyl sites for hydroxylation is 1. The van der Waals surface area contributed by atoms with Gasteiger partial charge in [0.2, 0.25) is 0 Å². The molecule has 3 aromatic heterocycles. The number of anilines is 2. The second-order valence-electron chi connectivity index (χ2n) is 9.57. The number of benzene rings is 1. The molecule has 2 N–H and O–H groups in total. The molecular formula is C28H32N8. The Kier molecular flexibility index (Phi) is 7.25. The average Bonchev–Trinajstić information content (AvgIpc) is 2.85. The van der Waals surface area contributed by atoms with Gasteiger partial charge in [0.15, 0.2) is 5.82 Å². The highest BCUT2D eigenvalue weighted by atomic mass is 15.2. The molecule has 0 unspecified atom stereocenters. The number of rotatable bonds is 7. The fourth-order valence-corrected chi connectivity index (χ4v) is 4.68. The van der Waals surface area contributed by atoms with Gasteiger partial charge in [-0.3, -0.25) is 4.90 Å². The largest absolute Gasteiger partial charge is 0.325 e. The predicted octanol–water partition coefficient (Wildman–Crippen LogP) is 4.15. The summed E-state index contributed by atoms with van der Waals surface area (Å²) in [5.74, 6) is 2.68. The minimum absolute atomic E-state index is 0.527. The molecule has 0 bridgehead atoms. The lowest BCUT2D eigenvalue weighted by Crippen LogP contribution is -2.53. The molecule has 0 aliphatic carbocycles. The van der Waals surface area contributed by atoms with Crippen LogP contribution in [0.1, 0.15) is 36.5 Å². The first-order valence-electron chi connectivity index (χ1n) is 12.4. The van der Waals surface area contributed by atoms with E-state index in [4.69, 9.17) is 4.98 Å². The van der Waals surface area contributed by atoms with E-state index in [1.165, 1.54) is 11.1 Å². The van der Waals surface area contributed by atoms with Crippen LogP contribution in [0.3, 0.4) is 0 Å². The number of aromatic nitrogens is 5. The highest BCUT2D eigenvalue weighted by Crippen LogP contribution is 2.18. The minimum atomic E-state index is 0.527. The Morgan fingerprint density at radius 1 is 0.833 bits per heavy atom. The molecule has 1 aliphatic rings. The third-order valence-corrected chi connectivity index (χ3v) is 6.16. The standard InChI is InChI=1S/C28H32N8/c1-19-5-4-6-24(32-19)28-30-14-12-26(35-28)33-25-11-13-29-27(34-25)15-22-7-9-23(10-8-22)18-36-16-20(2)31-21(3)17-36/h4-14,20-21,31H,15-18H2,1-3H3,(H,29,30,33,34,35)/t20-,21+. The number of pyridine rings is 1. The molecule has 1 saturated heterocycles. The molecular weight excluding hydrogens is 448 g/mol. The first-order valence-corrected chi connectivity index (χ1v) is 12.4. The van der Waals surface area contributed by atoms with Crippen molar-refractivity contribution in [3.63, 3.8) is 0 Å². The number of hydrogen-bond donors (Lipinski definition) is 2. The molecule has 184 valence electrons. The highest BCUT2D eigenvalue weighted by Gasteiger charge is 2.20. The lowest BCUT2D eigenvalue weighted by atomic mass is 10.1. The molecule has 1 aromatic carbocycles. The second kappa shape index (κ2) is 10.9. The van der Waals surface area contributed by atoms with E-state index in [0.29, 0.717) is 36.0 Å². The first kappa shape index (κ1) is 24.0. The summed E-state index contributed by atoms with van der Waals surface area (Å²) in [5.41, 5.74) is 4.19. The Balaban J connectivity index is 1.22. The maximum absolute atomic E-state index is 4.70. The van der Waals surface area contributed by atoms with E-state index in [2.05, 4.69) is 73.6 Å². The van der Waals surface area contributed by atoms with Crippen LogP contribution in [0.5, 0.6) is 0 Å². The van der Waals surface area contributed by atoms with Crippen LogP contribution < -0.4 is 10.6 Å². The van der Waals surface area contributed by atoms with E-state index in [-0.39, 0.29) is 0 Å². The smallest absolute Gasteiger partial charge is 0.180 e. The molecule has 1 fully saturated rings. The van der Waals surface area contributed by atoms with Crippen molar-refractivity contribution >= 4 is 11.6 Å². The minimum Gasteiger partial charge on any atom is -0.325 e. The van der Waals surface area contributed by atoms with Gasteiger partial charge in [0.05, 0.1) is 0 Å². The Morgan fingerprint density at radius 3 is 2.28 bits per heavy atom. The molecule has 0 spiro atoms. The lowest BCUT2D eigenvalue weighted by Gasteiger charge is -2.36. The summed E-state index contributed by atoms with van der Waals surface area (Å²) >= 11 is 0. The third-order valence-electron chi connectivity index (χ3n) is 6.16. The molecule has 0 amide bonds. The zero-order valence-electron chi connectivity index (χ0n) is 21.0. The Bertz CT molecular complexity index is 1300. The van der Waals surface area contributed by atoms with Gasteiger partial charge < -0.3 is 10.6 Å². The van der Waals surface area contributed by atoms with Gasteiger partial charge in [-0.15, -0.1) is 0 Å². The van der Waals surface area contributed by atoms with Gasteiger partial charge in [-0.05, 0) is 56.2 Å². The van der Waals surface area contributed by atoms with Gasteiger partial charge in [0.1, 0.15) is 23.2 Å². The maximum Gasteiger partial charge on any atom is 0.180 e. The van der Waals surface area contributed by atoms with Crippen LogP contribution in [0.2, 0.25) is 0 Å². The monoisotopic (exact) mass is 480 g/mol. The van der Waals surface area contributed by atoms with Crippen LogP contribution in [0.15, 0.2) is 67.0 Å². The van der Waals surface area contributed by atoms with Crippen molar-refractivity contribution in [3.05, 3.63) is 89.6 Å². The molecule has 2 atom stereocenters. The summed E-state index contributed by atoms with van der Waals surface area (Å²) in [4.78, 5) is 25.2. The second-order valence-corrected chi connectivity index (χ2v) is 9.57. The van der Waals surface area contributed by atoms with Crippen LogP contribution in [-0.4, -0.2) is 55.0 Å². The van der Waals surface area contributed by atoms with Crippen LogP contribution >= 0.6 is 0 Å². The topological polar surface area (TPSA) is 91.8 Å². The van der Waals surface area contributed by atoms with Gasteiger partial charge in [0, 0.05) is 56.2 Å². The lowest BCUT2D eigenvalue weighted by molar-refractivity contribution is 0.166. The van der Waals surface area contributed by atoms with Crippen LogP contribution in [0.25, 0.3) is 11.5 Å². The third kappa shape index (κ3) is 6.27. The molecule has 8 nitrogen and oxygen atoms in total. The van der Waals surface area contributed by atoms with E-state index >= 15 is 0 Å². The van der Waals surface area contributed by atoms with Crippen molar-refractivity contribution in [1.82, 2.24) is 35.1 Å². The normalized spacial score (nSPS) is 18.2. The summed E-state index contributed by atoms with van der Waals surface area (Å²) in [7, 11) is 0. The summed E-state index contributed by atoms with van der Waals surface area (Å²) in [6, 6.07) is 19.3. The van der Waals surface area contributed by atoms with E-state index in [9.17, 15) is 0 Å². The molecule has 36 heavy (non-hydrogen) atoms. The van der Waals surface area contributed by atoms with Crippen molar-refractivity contribution in [2.75, 3.05) is 18.4 Å². The molecule has 5 rings (SSSR count). The summed E-state index contributed by atoms with van der Waals surface area (Å²) in [5, 5.41) is 6.87. The Hall–Kier alpha value is -3.75. The molecule has 4 heterocycles. The van der Waals surface area contributed by atoms with Crippen molar-refractivity contribution < 1.29 is 0 Å². The predicted molar refractivity (Wildman–Crippen MR) is 142 cm³/mol. The van der Waals surface area contributed by atoms with Gasteiger partial charge in [0.25, 0.3) is 0 Å². The average molecular weight is 481 g/mol. The first-order chi connectivity index (χ1) is 17.5. The Morgan fingerprint density at radius 2 is 1.53 bits per heavy atom. The van der Waals surface area contributed by atoms with Crippen LogP contribution in [0, 0.1) is 6.92 Å². The van der Waals surface area contributed by atoms with Gasteiger partial charge >= 0.3 is 0 Å². The fraction of sp³-hybridized carbons (Fsp3) is 0.321. The van der Waals surface area contributed by atoms with E-state index in [0.717, 1.165) is 36.8 Å². The van der Waals surface area contributed by atoms with Crippen LogP contribution in [0.4, 0.5) is 11.6 Å². The van der Waals surface area contributed by atoms with E-state index in [1.54, 1.807) is 12.4 Å². The number of nitrogens with zero attached hydrogens (tertiary/aromatic N) is 6. The SMILES string of the molecule is Cc1cccc(-c2nccc(Nc3ccnc(Cc4ccc(CN5C[C@@H](C)N[C@@H](C)C5)cc4)n3)n2)n1. The highest BCUT2D eigenvalue weighted by molar-refractivity contribution is 5.56. The van der Waals surface area contributed by atoms with Crippen molar-refractivity contribution in [2.45, 2.75) is 45.8 Å². The van der Waals surface area contributed by atoms with Crippen LogP contribution in [-0.2, 0) is 13.0 Å². The summed E-state index contributed by atoms with van der Waals surface area (Å²) < 4.78 is 0. The molecule has 0 saturated carbocycles. The zero-order valence-corrected chi connectivity index (χ0v) is 21.0.